The van der Waals surface area contributed by atoms with E-state index in [1.807, 2.05) is 0 Å². The van der Waals surface area contributed by atoms with Crippen LogP contribution in [0.4, 0.5) is 0 Å². The molecule has 3 aromatic rings. The zero-order chi connectivity index (χ0) is 18.7. The minimum absolute atomic E-state index is 0.0476. The standard InChI is InChI=1S/C18H15BrN2O4S/c1-25-15-8-9-16(18-14(15)3-2-10-20-18)26(23,24)21-17(22)11-12-4-6-13(19)7-5-12/h2-10H,11H2,1H3,(H,21,22). The van der Waals surface area contributed by atoms with Gasteiger partial charge in [0, 0.05) is 16.1 Å². The summed E-state index contributed by atoms with van der Waals surface area (Å²) in [7, 11) is -2.57. The predicted molar refractivity (Wildman–Crippen MR) is 101 cm³/mol. The van der Waals surface area contributed by atoms with Crippen molar-refractivity contribution in [1.82, 2.24) is 9.71 Å². The van der Waals surface area contributed by atoms with Gasteiger partial charge in [0.2, 0.25) is 5.91 Å². The molecule has 0 aliphatic carbocycles. The van der Waals surface area contributed by atoms with Gasteiger partial charge in [0.25, 0.3) is 10.0 Å². The average Bonchev–Trinajstić information content (AvgIpc) is 2.62. The highest BCUT2D eigenvalue weighted by atomic mass is 79.9. The van der Waals surface area contributed by atoms with Gasteiger partial charge in [-0.3, -0.25) is 9.78 Å². The minimum Gasteiger partial charge on any atom is -0.496 e. The Bertz CT molecular complexity index is 1070. The molecule has 0 atom stereocenters. The lowest BCUT2D eigenvalue weighted by atomic mass is 10.1. The molecule has 1 aromatic heterocycles. The molecule has 1 amide bonds. The van der Waals surface area contributed by atoms with Gasteiger partial charge in [-0.1, -0.05) is 28.1 Å². The van der Waals surface area contributed by atoms with E-state index >= 15 is 0 Å². The summed E-state index contributed by atoms with van der Waals surface area (Å²) in [6, 6.07) is 13.4. The molecule has 0 aliphatic heterocycles. The van der Waals surface area contributed by atoms with Crippen molar-refractivity contribution in [1.29, 1.82) is 0 Å². The monoisotopic (exact) mass is 434 g/mol. The first kappa shape index (κ1) is 18.3. The van der Waals surface area contributed by atoms with E-state index in [1.54, 1.807) is 36.4 Å². The predicted octanol–water partition coefficient (Wildman–Crippen LogP) is 3.05. The molecule has 3 rings (SSSR count). The SMILES string of the molecule is COc1ccc(S(=O)(=O)NC(=O)Cc2ccc(Br)cc2)c2ncccc12. The Morgan fingerprint density at radius 3 is 2.58 bits per heavy atom. The van der Waals surface area contributed by atoms with E-state index in [9.17, 15) is 13.2 Å². The number of carbonyl (C=O) groups excluding carboxylic acids is 1. The largest absolute Gasteiger partial charge is 0.496 e. The van der Waals surface area contributed by atoms with Crippen LogP contribution in [0.5, 0.6) is 5.75 Å². The lowest BCUT2D eigenvalue weighted by Gasteiger charge is -2.11. The van der Waals surface area contributed by atoms with Gasteiger partial charge in [-0.2, -0.15) is 0 Å². The fourth-order valence-electron chi connectivity index (χ4n) is 2.54. The van der Waals surface area contributed by atoms with Gasteiger partial charge < -0.3 is 4.74 Å². The molecule has 0 fully saturated rings. The topological polar surface area (TPSA) is 85.4 Å². The Balaban J connectivity index is 1.90. The van der Waals surface area contributed by atoms with Crippen LogP contribution in [0.3, 0.4) is 0 Å². The molecule has 0 bridgehead atoms. The molecule has 134 valence electrons. The summed E-state index contributed by atoms with van der Waals surface area (Å²) >= 11 is 3.31. The van der Waals surface area contributed by atoms with Crippen LogP contribution in [0.25, 0.3) is 10.9 Å². The molecule has 0 saturated heterocycles. The van der Waals surface area contributed by atoms with E-state index in [4.69, 9.17) is 4.74 Å². The van der Waals surface area contributed by atoms with Crippen molar-refractivity contribution in [2.45, 2.75) is 11.3 Å². The molecule has 6 nitrogen and oxygen atoms in total. The lowest BCUT2D eigenvalue weighted by Crippen LogP contribution is -2.32. The highest BCUT2D eigenvalue weighted by molar-refractivity contribution is 9.10. The van der Waals surface area contributed by atoms with Gasteiger partial charge in [0.15, 0.2) is 0 Å². The number of halogens is 1. The number of amides is 1. The minimum atomic E-state index is -4.07. The van der Waals surface area contributed by atoms with Crippen LogP contribution < -0.4 is 9.46 Å². The van der Waals surface area contributed by atoms with Crippen LogP contribution in [0.2, 0.25) is 0 Å². The molecule has 0 aliphatic rings. The zero-order valence-electron chi connectivity index (χ0n) is 13.8. The smallest absolute Gasteiger partial charge is 0.266 e. The molecule has 0 spiro atoms. The summed E-state index contributed by atoms with van der Waals surface area (Å²) in [6.45, 7) is 0. The average molecular weight is 435 g/mol. The number of methoxy groups -OCH3 is 1. The highest BCUT2D eigenvalue weighted by Gasteiger charge is 2.22. The summed E-state index contributed by atoms with van der Waals surface area (Å²) in [5.74, 6) is -0.111. The van der Waals surface area contributed by atoms with Crippen molar-refractivity contribution < 1.29 is 17.9 Å². The van der Waals surface area contributed by atoms with Crippen LogP contribution in [0.15, 0.2) is 64.1 Å². The Kier molecular flexibility index (Phi) is 5.24. The molecular weight excluding hydrogens is 420 g/mol. The van der Waals surface area contributed by atoms with Crippen molar-refractivity contribution >= 4 is 42.8 Å². The number of hydrogen-bond acceptors (Lipinski definition) is 5. The number of sulfonamides is 1. The molecule has 0 unspecified atom stereocenters. The first-order valence-electron chi connectivity index (χ1n) is 7.62. The fraction of sp³-hybridized carbons (Fsp3) is 0.111. The Labute approximate surface area is 159 Å². The van der Waals surface area contributed by atoms with Crippen molar-refractivity contribution in [3.05, 3.63) is 64.8 Å². The number of aromatic nitrogens is 1. The number of benzene rings is 2. The Morgan fingerprint density at radius 2 is 1.88 bits per heavy atom. The molecule has 2 aromatic carbocycles. The number of carbonyl (C=O) groups is 1. The summed E-state index contributed by atoms with van der Waals surface area (Å²) in [5, 5.41) is 0.554. The van der Waals surface area contributed by atoms with E-state index in [0.717, 1.165) is 4.47 Å². The summed E-state index contributed by atoms with van der Waals surface area (Å²) in [6.07, 6.45) is 1.44. The second kappa shape index (κ2) is 7.43. The van der Waals surface area contributed by atoms with Gasteiger partial charge in [-0.25, -0.2) is 13.1 Å². The van der Waals surface area contributed by atoms with Crippen LogP contribution in [-0.2, 0) is 21.2 Å². The first-order valence-corrected chi connectivity index (χ1v) is 9.90. The highest BCUT2D eigenvalue weighted by Crippen LogP contribution is 2.29. The summed E-state index contributed by atoms with van der Waals surface area (Å²) < 4.78 is 33.6. The van der Waals surface area contributed by atoms with E-state index in [0.29, 0.717) is 16.7 Å². The molecular formula is C18H15BrN2O4S. The van der Waals surface area contributed by atoms with Gasteiger partial charge in [-0.15, -0.1) is 0 Å². The number of rotatable bonds is 5. The maximum atomic E-state index is 12.7. The fourth-order valence-corrected chi connectivity index (χ4v) is 3.95. The van der Waals surface area contributed by atoms with E-state index < -0.39 is 15.9 Å². The molecule has 1 N–H and O–H groups in total. The molecule has 8 heteroatoms. The van der Waals surface area contributed by atoms with Gasteiger partial charge in [-0.05, 0) is 42.0 Å². The number of hydrogen-bond donors (Lipinski definition) is 1. The third-order valence-electron chi connectivity index (χ3n) is 3.73. The van der Waals surface area contributed by atoms with Gasteiger partial charge >= 0.3 is 0 Å². The summed E-state index contributed by atoms with van der Waals surface area (Å²) in [4.78, 5) is 16.3. The van der Waals surface area contributed by atoms with Crippen molar-refractivity contribution in [2.75, 3.05) is 7.11 Å². The molecule has 0 saturated carbocycles. The van der Waals surface area contributed by atoms with Crippen LogP contribution in [0, 0.1) is 0 Å². The maximum absolute atomic E-state index is 12.7. The second-order valence-electron chi connectivity index (χ2n) is 5.50. The number of nitrogens with zero attached hydrogens (tertiary/aromatic N) is 1. The van der Waals surface area contributed by atoms with Crippen molar-refractivity contribution in [2.24, 2.45) is 0 Å². The van der Waals surface area contributed by atoms with Crippen LogP contribution >= 0.6 is 15.9 Å². The Hall–Kier alpha value is -2.45. The normalized spacial score (nSPS) is 11.3. The van der Waals surface area contributed by atoms with E-state index in [1.165, 1.54) is 25.4 Å². The number of fused-ring (bicyclic) bond motifs is 1. The molecule has 1 heterocycles. The van der Waals surface area contributed by atoms with Crippen molar-refractivity contribution in [3.63, 3.8) is 0 Å². The maximum Gasteiger partial charge on any atom is 0.266 e. The van der Waals surface area contributed by atoms with Crippen LogP contribution in [-0.4, -0.2) is 26.4 Å². The Morgan fingerprint density at radius 1 is 1.15 bits per heavy atom. The van der Waals surface area contributed by atoms with E-state index in [2.05, 4.69) is 25.6 Å². The second-order valence-corrected chi connectivity index (χ2v) is 8.06. The van der Waals surface area contributed by atoms with Crippen molar-refractivity contribution in [3.8, 4) is 5.75 Å². The third-order valence-corrected chi connectivity index (χ3v) is 5.66. The van der Waals surface area contributed by atoms with Gasteiger partial charge in [0.05, 0.1) is 19.0 Å². The number of ether oxygens (including phenoxy) is 1. The number of nitrogens with one attached hydrogen (secondary N) is 1. The summed E-state index contributed by atoms with van der Waals surface area (Å²) in [5.41, 5.74) is 0.953. The number of pyridine rings is 1. The zero-order valence-corrected chi connectivity index (χ0v) is 16.2. The van der Waals surface area contributed by atoms with Gasteiger partial charge in [0.1, 0.15) is 10.6 Å². The van der Waals surface area contributed by atoms with Crippen LogP contribution in [0.1, 0.15) is 5.56 Å². The quantitative estimate of drug-likeness (QED) is 0.666. The van der Waals surface area contributed by atoms with E-state index in [-0.39, 0.29) is 16.8 Å². The molecule has 26 heavy (non-hydrogen) atoms. The third kappa shape index (κ3) is 3.86. The molecule has 0 radical (unpaired) electrons. The lowest BCUT2D eigenvalue weighted by molar-refractivity contribution is -0.118. The first-order chi connectivity index (χ1) is 12.4.